The summed E-state index contributed by atoms with van der Waals surface area (Å²) in [5.74, 6) is 0.772. The normalized spacial score (nSPS) is 23.7. The molecule has 0 amide bonds. The van der Waals surface area contributed by atoms with Crippen molar-refractivity contribution >= 4 is 6.08 Å². The molecule has 0 saturated carbocycles. The zero-order valence-electron chi connectivity index (χ0n) is 10.5. The Hall–Kier alpha value is -2.28. The van der Waals surface area contributed by atoms with Gasteiger partial charge < -0.3 is 4.42 Å². The van der Waals surface area contributed by atoms with Crippen molar-refractivity contribution in [2.24, 2.45) is 5.92 Å². The molecule has 0 N–H and O–H groups in total. The molecular formula is C18H14O. The molecule has 1 nitrogen and oxygen atoms in total. The third kappa shape index (κ3) is 1.62. The summed E-state index contributed by atoms with van der Waals surface area (Å²) in [7, 11) is 0. The minimum Gasteiger partial charge on any atom is -0.472 e. The van der Waals surface area contributed by atoms with Gasteiger partial charge in [0.2, 0.25) is 0 Å². The molecular weight excluding hydrogens is 232 g/mol. The number of allylic oxidation sites excluding steroid dienone is 5. The highest BCUT2D eigenvalue weighted by Crippen LogP contribution is 2.45. The Morgan fingerprint density at radius 2 is 1.84 bits per heavy atom. The van der Waals surface area contributed by atoms with Gasteiger partial charge in [-0.2, -0.15) is 0 Å². The van der Waals surface area contributed by atoms with Gasteiger partial charge in [0, 0.05) is 23.0 Å². The molecule has 92 valence electrons. The lowest BCUT2D eigenvalue weighted by Gasteiger charge is -2.31. The van der Waals surface area contributed by atoms with E-state index in [-0.39, 0.29) is 0 Å². The molecule has 0 radical (unpaired) electrons. The van der Waals surface area contributed by atoms with E-state index in [1.165, 1.54) is 22.3 Å². The Bertz CT molecular complexity index is 685. The van der Waals surface area contributed by atoms with E-state index in [1.807, 2.05) is 12.5 Å². The van der Waals surface area contributed by atoms with Crippen LogP contribution >= 0.6 is 0 Å². The van der Waals surface area contributed by atoms with Crippen LogP contribution in [0.4, 0.5) is 0 Å². The van der Waals surface area contributed by atoms with Crippen LogP contribution in [0, 0.1) is 5.92 Å². The molecule has 19 heavy (non-hydrogen) atoms. The van der Waals surface area contributed by atoms with E-state index in [9.17, 15) is 0 Å². The molecule has 1 aromatic carbocycles. The molecule has 0 aliphatic heterocycles. The molecule has 1 aromatic heterocycles. The quantitative estimate of drug-likeness (QED) is 0.719. The second-order valence-corrected chi connectivity index (χ2v) is 5.08. The minimum atomic E-state index is 0.358. The fraction of sp³-hybridized carbons (Fsp3) is 0.111. The van der Waals surface area contributed by atoms with Crippen molar-refractivity contribution in [2.45, 2.75) is 5.92 Å². The highest BCUT2D eigenvalue weighted by atomic mass is 16.3. The first-order valence-corrected chi connectivity index (χ1v) is 6.61. The lowest BCUT2D eigenvalue weighted by molar-refractivity contribution is 0.557. The van der Waals surface area contributed by atoms with Crippen LogP contribution in [0.5, 0.6) is 0 Å². The SMILES string of the molecule is C1=CC2=Cc3cocc3C(c3ccccc3)C2C=C1. The van der Waals surface area contributed by atoms with Crippen LogP contribution in [0.15, 0.2) is 77.2 Å². The molecule has 1 heteroatoms. The average Bonchev–Trinajstić information content (AvgIpc) is 2.93. The molecule has 1 heterocycles. The number of benzene rings is 1. The van der Waals surface area contributed by atoms with E-state index in [4.69, 9.17) is 4.42 Å². The molecule has 0 spiro atoms. The van der Waals surface area contributed by atoms with Crippen LogP contribution in [0.2, 0.25) is 0 Å². The van der Waals surface area contributed by atoms with Crippen LogP contribution in [-0.4, -0.2) is 0 Å². The third-order valence-electron chi connectivity index (χ3n) is 4.00. The summed E-state index contributed by atoms with van der Waals surface area (Å²) in [5, 5.41) is 0. The van der Waals surface area contributed by atoms with Gasteiger partial charge in [0.25, 0.3) is 0 Å². The smallest absolute Gasteiger partial charge is 0.0978 e. The summed E-state index contributed by atoms with van der Waals surface area (Å²) >= 11 is 0. The largest absolute Gasteiger partial charge is 0.472 e. The number of furan rings is 1. The van der Waals surface area contributed by atoms with Gasteiger partial charge in [-0.1, -0.05) is 54.6 Å². The first kappa shape index (κ1) is 10.6. The Kier molecular flexibility index (Phi) is 2.31. The maximum absolute atomic E-state index is 5.43. The second-order valence-electron chi connectivity index (χ2n) is 5.08. The summed E-state index contributed by atoms with van der Waals surface area (Å²) in [6, 6.07) is 10.7. The van der Waals surface area contributed by atoms with E-state index < -0.39 is 0 Å². The fourth-order valence-corrected chi connectivity index (χ4v) is 3.13. The van der Waals surface area contributed by atoms with Crippen molar-refractivity contribution in [3.8, 4) is 0 Å². The standard InChI is InChI=1S/C18H14O/c1-2-6-13(7-3-1)18-16-9-5-4-8-14(16)10-15-11-19-12-17(15)18/h1-12,16,18H. The monoisotopic (exact) mass is 246 g/mol. The van der Waals surface area contributed by atoms with Gasteiger partial charge in [-0.25, -0.2) is 0 Å². The summed E-state index contributed by atoms with van der Waals surface area (Å²) in [6.07, 6.45) is 14.7. The van der Waals surface area contributed by atoms with Gasteiger partial charge in [-0.05, 0) is 17.2 Å². The van der Waals surface area contributed by atoms with Gasteiger partial charge in [0.05, 0.1) is 12.5 Å². The van der Waals surface area contributed by atoms with Crippen molar-refractivity contribution < 1.29 is 4.42 Å². The predicted octanol–water partition coefficient (Wildman–Crippen LogP) is 4.55. The topological polar surface area (TPSA) is 13.1 Å². The minimum absolute atomic E-state index is 0.358. The van der Waals surface area contributed by atoms with Crippen molar-refractivity contribution in [3.05, 3.63) is 89.4 Å². The van der Waals surface area contributed by atoms with E-state index >= 15 is 0 Å². The second kappa shape index (κ2) is 4.13. The van der Waals surface area contributed by atoms with Crippen LogP contribution < -0.4 is 0 Å². The molecule has 2 aromatic rings. The lowest BCUT2D eigenvalue weighted by atomic mass is 9.71. The van der Waals surface area contributed by atoms with E-state index in [0.29, 0.717) is 11.8 Å². The number of rotatable bonds is 1. The first-order valence-electron chi connectivity index (χ1n) is 6.61. The fourth-order valence-electron chi connectivity index (χ4n) is 3.13. The van der Waals surface area contributed by atoms with E-state index in [0.717, 1.165) is 0 Å². The number of hydrogen-bond donors (Lipinski definition) is 0. The number of fused-ring (bicyclic) bond motifs is 2. The lowest BCUT2D eigenvalue weighted by Crippen LogP contribution is -2.18. The third-order valence-corrected chi connectivity index (χ3v) is 4.00. The highest BCUT2D eigenvalue weighted by molar-refractivity contribution is 5.67. The molecule has 0 saturated heterocycles. The van der Waals surface area contributed by atoms with Crippen molar-refractivity contribution in [2.75, 3.05) is 0 Å². The maximum atomic E-state index is 5.43. The average molecular weight is 246 g/mol. The Morgan fingerprint density at radius 3 is 2.74 bits per heavy atom. The summed E-state index contributed by atoms with van der Waals surface area (Å²) in [5.41, 5.74) is 5.21. The molecule has 2 unspecified atom stereocenters. The van der Waals surface area contributed by atoms with Crippen molar-refractivity contribution in [1.29, 1.82) is 0 Å². The summed E-state index contributed by atoms with van der Waals surface area (Å²) in [6.45, 7) is 0. The van der Waals surface area contributed by atoms with Crippen molar-refractivity contribution in [3.63, 3.8) is 0 Å². The molecule has 4 rings (SSSR count). The summed E-state index contributed by atoms with van der Waals surface area (Å²) in [4.78, 5) is 0. The highest BCUT2D eigenvalue weighted by Gasteiger charge is 2.32. The molecule has 0 bridgehead atoms. The number of hydrogen-bond acceptors (Lipinski definition) is 1. The van der Waals surface area contributed by atoms with Crippen molar-refractivity contribution in [1.82, 2.24) is 0 Å². The van der Waals surface area contributed by atoms with Gasteiger partial charge in [0.15, 0.2) is 0 Å². The Morgan fingerprint density at radius 1 is 0.947 bits per heavy atom. The van der Waals surface area contributed by atoms with Crippen LogP contribution in [0.3, 0.4) is 0 Å². The van der Waals surface area contributed by atoms with E-state index in [1.54, 1.807) is 0 Å². The molecule has 2 aliphatic rings. The molecule has 2 aliphatic carbocycles. The van der Waals surface area contributed by atoms with E-state index in [2.05, 4.69) is 60.7 Å². The van der Waals surface area contributed by atoms with Crippen LogP contribution in [0.1, 0.15) is 22.6 Å². The predicted molar refractivity (Wildman–Crippen MR) is 76.7 cm³/mol. The Labute approximate surface area is 112 Å². The Balaban J connectivity index is 1.92. The van der Waals surface area contributed by atoms with Gasteiger partial charge in [0.1, 0.15) is 0 Å². The summed E-state index contributed by atoms with van der Waals surface area (Å²) < 4.78 is 5.43. The van der Waals surface area contributed by atoms with Crippen LogP contribution in [0.25, 0.3) is 6.08 Å². The first-order chi connectivity index (χ1) is 9.43. The zero-order valence-corrected chi connectivity index (χ0v) is 10.5. The molecule has 0 fully saturated rings. The molecule has 2 atom stereocenters. The maximum Gasteiger partial charge on any atom is 0.0978 e. The van der Waals surface area contributed by atoms with Crippen LogP contribution in [-0.2, 0) is 0 Å². The van der Waals surface area contributed by atoms with Gasteiger partial charge >= 0.3 is 0 Å². The zero-order chi connectivity index (χ0) is 12.7. The van der Waals surface area contributed by atoms with Gasteiger partial charge in [-0.15, -0.1) is 0 Å². The van der Waals surface area contributed by atoms with Gasteiger partial charge in [-0.3, -0.25) is 0 Å².